The number of nitrogens with zero attached hydrogens (tertiary/aromatic N) is 2. The predicted molar refractivity (Wildman–Crippen MR) is 79.4 cm³/mol. The van der Waals surface area contributed by atoms with Crippen LogP contribution in [0.25, 0.3) is 11.1 Å². The average molecular weight is 276 g/mol. The van der Waals surface area contributed by atoms with Gasteiger partial charge < -0.3 is 4.74 Å². The van der Waals surface area contributed by atoms with E-state index in [2.05, 4.69) is 9.97 Å². The molecule has 0 aliphatic carbocycles. The molecule has 0 fully saturated rings. The van der Waals surface area contributed by atoms with Crippen LogP contribution in [-0.4, -0.2) is 16.3 Å². The first-order valence-electron chi connectivity index (χ1n) is 6.46. The molecule has 3 rings (SSSR count). The highest BCUT2D eigenvalue weighted by atomic mass is 16.5. The smallest absolute Gasteiger partial charge is 0.321 e. The molecule has 3 aromatic rings. The minimum Gasteiger partial charge on any atom is -0.424 e. The van der Waals surface area contributed by atoms with E-state index in [0.29, 0.717) is 11.3 Å². The number of carbonyl (C=O) groups is 1. The fourth-order valence-corrected chi connectivity index (χ4v) is 1.99. The van der Waals surface area contributed by atoms with Crippen LogP contribution in [0.2, 0.25) is 0 Å². The summed E-state index contributed by atoms with van der Waals surface area (Å²) >= 11 is 0. The summed E-state index contributed by atoms with van der Waals surface area (Å²) in [6.07, 6.45) is 4.05. The van der Waals surface area contributed by atoms with Crippen molar-refractivity contribution < 1.29 is 9.53 Å². The summed E-state index contributed by atoms with van der Waals surface area (Å²) in [6, 6.07) is 17.0. The van der Waals surface area contributed by atoms with Crippen LogP contribution in [0, 0.1) is 0 Å². The molecule has 102 valence electrons. The maximum atomic E-state index is 11.0. The van der Waals surface area contributed by atoms with Crippen LogP contribution in [0.15, 0.2) is 67.0 Å². The van der Waals surface area contributed by atoms with Crippen molar-refractivity contribution in [3.05, 3.63) is 72.6 Å². The van der Waals surface area contributed by atoms with E-state index in [9.17, 15) is 4.79 Å². The Morgan fingerprint density at radius 1 is 0.905 bits per heavy atom. The predicted octanol–water partition coefficient (Wildman–Crippen LogP) is 3.75. The second kappa shape index (κ2) is 5.96. The Labute approximate surface area is 122 Å². The maximum absolute atomic E-state index is 11.0. The van der Waals surface area contributed by atoms with Gasteiger partial charge in [-0.15, -0.1) is 0 Å². The normalized spacial score (nSPS) is 10.1. The van der Waals surface area contributed by atoms with Gasteiger partial charge in [0, 0.05) is 23.5 Å². The first-order chi connectivity index (χ1) is 10.4. The molecule has 0 bridgehead atoms. The summed E-state index contributed by atoms with van der Waals surface area (Å²) in [5.74, 6) is 0.609. The monoisotopic (exact) mass is 276 g/mol. The van der Waals surface area contributed by atoms with E-state index >= 15 is 0 Å². The van der Waals surface area contributed by atoms with Gasteiger partial charge in [-0.1, -0.05) is 30.3 Å². The van der Waals surface area contributed by atoms with Crippen LogP contribution in [0.5, 0.6) is 11.8 Å². The van der Waals surface area contributed by atoms with Crippen LogP contribution < -0.4 is 4.74 Å². The Bertz CT molecular complexity index is 743. The molecule has 4 nitrogen and oxygen atoms in total. The molecule has 0 spiro atoms. The molecule has 0 amide bonds. The van der Waals surface area contributed by atoms with Gasteiger partial charge in [0.25, 0.3) is 0 Å². The molecule has 0 aliphatic heterocycles. The van der Waals surface area contributed by atoms with Crippen LogP contribution in [0.3, 0.4) is 0 Å². The molecule has 0 saturated heterocycles. The fraction of sp³-hybridized carbons (Fsp3) is 0. The number of ether oxygens (including phenoxy) is 1. The van der Waals surface area contributed by atoms with E-state index in [4.69, 9.17) is 4.74 Å². The molecule has 4 heteroatoms. The Morgan fingerprint density at radius 2 is 1.67 bits per heavy atom. The molecule has 0 aliphatic rings. The zero-order valence-corrected chi connectivity index (χ0v) is 11.1. The van der Waals surface area contributed by atoms with Crippen molar-refractivity contribution in [2.24, 2.45) is 0 Å². The number of hydrogen-bond donors (Lipinski definition) is 0. The van der Waals surface area contributed by atoms with Crippen molar-refractivity contribution in [1.29, 1.82) is 0 Å². The lowest BCUT2D eigenvalue weighted by molar-refractivity contribution is 0.112. The second-order valence-electron chi connectivity index (χ2n) is 4.37. The van der Waals surface area contributed by atoms with Gasteiger partial charge >= 0.3 is 6.01 Å². The van der Waals surface area contributed by atoms with Gasteiger partial charge in [0.05, 0.1) is 0 Å². The number of carbonyl (C=O) groups excluding carboxylic acids is 1. The lowest BCUT2D eigenvalue weighted by Crippen LogP contribution is -1.94. The Morgan fingerprint density at radius 3 is 2.38 bits per heavy atom. The third kappa shape index (κ3) is 2.95. The molecule has 0 saturated carbocycles. The van der Waals surface area contributed by atoms with Gasteiger partial charge in [0.15, 0.2) is 0 Å². The van der Waals surface area contributed by atoms with E-state index < -0.39 is 0 Å². The summed E-state index contributed by atoms with van der Waals surface area (Å²) in [5.41, 5.74) is 2.38. The molecular weight excluding hydrogens is 264 g/mol. The molecular formula is C17H12N2O2. The number of hydrogen-bond acceptors (Lipinski definition) is 4. The third-order valence-corrected chi connectivity index (χ3v) is 2.97. The summed E-state index contributed by atoms with van der Waals surface area (Å²) in [4.78, 5) is 19.1. The zero-order chi connectivity index (χ0) is 14.5. The molecule has 1 heterocycles. The van der Waals surface area contributed by atoms with Crippen molar-refractivity contribution in [3.63, 3.8) is 0 Å². The molecule has 1 aromatic heterocycles. The number of rotatable bonds is 4. The molecule has 2 aromatic carbocycles. The molecule has 0 unspecified atom stereocenters. The highest BCUT2D eigenvalue weighted by Gasteiger charge is 2.09. The average Bonchev–Trinajstić information content (AvgIpc) is 2.57. The van der Waals surface area contributed by atoms with E-state index in [-0.39, 0.29) is 6.01 Å². The zero-order valence-electron chi connectivity index (χ0n) is 11.1. The topological polar surface area (TPSA) is 52.1 Å². The van der Waals surface area contributed by atoms with Gasteiger partial charge in [-0.25, -0.2) is 9.97 Å². The van der Waals surface area contributed by atoms with E-state index in [0.717, 1.165) is 17.4 Å². The lowest BCUT2D eigenvalue weighted by atomic mass is 10.0. The van der Waals surface area contributed by atoms with Crippen molar-refractivity contribution in [3.8, 4) is 22.9 Å². The Kier molecular flexibility index (Phi) is 3.69. The first kappa shape index (κ1) is 13.0. The minimum absolute atomic E-state index is 0.272. The maximum Gasteiger partial charge on any atom is 0.321 e. The van der Waals surface area contributed by atoms with Crippen LogP contribution in [-0.2, 0) is 0 Å². The number of aldehydes is 1. The van der Waals surface area contributed by atoms with E-state index in [1.165, 1.54) is 0 Å². The Hall–Kier alpha value is -3.01. The van der Waals surface area contributed by atoms with Gasteiger partial charge in [-0.2, -0.15) is 0 Å². The molecule has 0 radical (unpaired) electrons. The highest BCUT2D eigenvalue weighted by Crippen LogP contribution is 2.32. The standard InChI is InChI=1S/C17H12N2O2/c20-12-13-7-8-16(21-17-18-9-4-10-19-17)15(11-13)14-5-2-1-3-6-14/h1-12H. The molecule has 21 heavy (non-hydrogen) atoms. The summed E-state index contributed by atoms with van der Waals surface area (Å²) in [7, 11) is 0. The van der Waals surface area contributed by atoms with Gasteiger partial charge in [-0.3, -0.25) is 4.79 Å². The SMILES string of the molecule is O=Cc1ccc(Oc2ncccn2)c(-c2ccccc2)c1. The van der Waals surface area contributed by atoms with Crippen molar-refractivity contribution in [1.82, 2.24) is 9.97 Å². The highest BCUT2D eigenvalue weighted by molar-refractivity contribution is 5.81. The largest absolute Gasteiger partial charge is 0.424 e. The van der Waals surface area contributed by atoms with Crippen LogP contribution in [0.1, 0.15) is 10.4 Å². The molecule has 0 N–H and O–H groups in total. The van der Waals surface area contributed by atoms with Crippen LogP contribution in [0.4, 0.5) is 0 Å². The van der Waals surface area contributed by atoms with Crippen LogP contribution >= 0.6 is 0 Å². The first-order valence-corrected chi connectivity index (χ1v) is 6.46. The van der Waals surface area contributed by atoms with Crippen molar-refractivity contribution >= 4 is 6.29 Å². The quantitative estimate of drug-likeness (QED) is 0.681. The minimum atomic E-state index is 0.272. The number of benzene rings is 2. The second-order valence-corrected chi connectivity index (χ2v) is 4.37. The van der Waals surface area contributed by atoms with Gasteiger partial charge in [-0.05, 0) is 29.8 Å². The summed E-state index contributed by atoms with van der Waals surface area (Å²) in [5, 5.41) is 0. The van der Waals surface area contributed by atoms with E-state index in [1.807, 2.05) is 30.3 Å². The summed E-state index contributed by atoms with van der Waals surface area (Å²) in [6.45, 7) is 0. The fourth-order valence-electron chi connectivity index (χ4n) is 1.99. The van der Waals surface area contributed by atoms with Crippen molar-refractivity contribution in [2.45, 2.75) is 0 Å². The van der Waals surface area contributed by atoms with Gasteiger partial charge in [0.2, 0.25) is 0 Å². The third-order valence-electron chi connectivity index (χ3n) is 2.97. The van der Waals surface area contributed by atoms with Crippen molar-refractivity contribution in [2.75, 3.05) is 0 Å². The Balaban J connectivity index is 2.06. The summed E-state index contributed by atoms with van der Waals surface area (Å²) < 4.78 is 5.73. The number of aromatic nitrogens is 2. The van der Waals surface area contributed by atoms with E-state index in [1.54, 1.807) is 36.7 Å². The van der Waals surface area contributed by atoms with Gasteiger partial charge in [0.1, 0.15) is 12.0 Å². The lowest BCUT2D eigenvalue weighted by Gasteiger charge is -2.10. The molecule has 0 atom stereocenters.